The molecule has 2 aromatic carbocycles. The zero-order valence-corrected chi connectivity index (χ0v) is 21.3. The van der Waals surface area contributed by atoms with E-state index in [2.05, 4.69) is 0 Å². The molecule has 2 aromatic rings. The number of hydrogen-bond acceptors (Lipinski definition) is 7. The van der Waals surface area contributed by atoms with E-state index in [-0.39, 0.29) is 23.6 Å². The summed E-state index contributed by atoms with van der Waals surface area (Å²) in [7, 11) is 1.48. The monoisotopic (exact) mass is 489 g/mol. The maximum atomic E-state index is 13.5. The fraction of sp³-hybridized carbons (Fsp3) is 0.379. The van der Waals surface area contributed by atoms with Gasteiger partial charge in [-0.15, -0.1) is 0 Å². The normalized spacial score (nSPS) is 20.8. The van der Waals surface area contributed by atoms with Crippen molar-refractivity contribution < 1.29 is 28.6 Å². The molecule has 0 amide bonds. The fourth-order valence-electron chi connectivity index (χ4n) is 5.05. The molecule has 1 aliphatic carbocycles. The minimum Gasteiger partial charge on any atom is -0.493 e. The topological polar surface area (TPSA) is 91.3 Å². The lowest BCUT2D eigenvalue weighted by atomic mass is 9.67. The molecule has 0 N–H and O–H groups in total. The van der Waals surface area contributed by atoms with Crippen LogP contribution in [0.2, 0.25) is 0 Å². The molecule has 4 rings (SSSR count). The van der Waals surface area contributed by atoms with Crippen LogP contribution in [0.1, 0.15) is 57.6 Å². The van der Waals surface area contributed by atoms with Gasteiger partial charge in [0.05, 0.1) is 7.11 Å². The molecule has 188 valence electrons. The van der Waals surface area contributed by atoms with Crippen molar-refractivity contribution in [1.82, 2.24) is 0 Å². The summed E-state index contributed by atoms with van der Waals surface area (Å²) >= 11 is 0. The van der Waals surface area contributed by atoms with Gasteiger partial charge in [-0.2, -0.15) is 0 Å². The van der Waals surface area contributed by atoms with E-state index in [0.717, 1.165) is 5.56 Å². The Hall–Kier alpha value is -3.74. The number of Topliss-reactive ketones (excluding diaryl/α,β-unsaturated/α-hetero) is 1. The number of hydrogen-bond donors (Lipinski definition) is 0. The van der Waals surface area contributed by atoms with Crippen LogP contribution in [0, 0.1) is 11.3 Å². The second kappa shape index (κ2) is 10.1. The van der Waals surface area contributed by atoms with Gasteiger partial charge < -0.3 is 14.2 Å². The lowest BCUT2D eigenvalue weighted by Crippen LogP contribution is -2.39. The average Bonchev–Trinajstić information content (AvgIpc) is 2.81. The maximum Gasteiger partial charge on any atom is 0.315 e. The first kappa shape index (κ1) is 25.4. The maximum absolute atomic E-state index is 13.5. The third kappa shape index (κ3) is 5.25. The number of ketones is 1. The Morgan fingerprint density at radius 3 is 2.44 bits per heavy atom. The number of allylic oxidation sites excluding steroid dienone is 2. The number of ether oxygens (including phenoxy) is 3. The quantitative estimate of drug-likeness (QED) is 0.410. The predicted octanol–water partition coefficient (Wildman–Crippen LogP) is 5.18. The van der Waals surface area contributed by atoms with E-state index in [4.69, 9.17) is 19.2 Å². The molecule has 0 fully saturated rings. The first-order chi connectivity index (χ1) is 17.1. The largest absolute Gasteiger partial charge is 0.493 e. The molecule has 2 aliphatic rings. The first-order valence-electron chi connectivity index (χ1n) is 12.0. The molecule has 0 spiro atoms. The minimum atomic E-state index is -0.776. The van der Waals surface area contributed by atoms with E-state index in [1.54, 1.807) is 18.2 Å². The smallest absolute Gasteiger partial charge is 0.315 e. The Bertz CT molecular complexity index is 1260. The van der Waals surface area contributed by atoms with Gasteiger partial charge in [-0.3, -0.25) is 19.4 Å². The van der Waals surface area contributed by atoms with E-state index in [0.29, 0.717) is 41.1 Å². The van der Waals surface area contributed by atoms with Gasteiger partial charge in [0.1, 0.15) is 12.5 Å². The van der Waals surface area contributed by atoms with Crippen LogP contribution < -0.4 is 9.47 Å². The summed E-state index contributed by atoms with van der Waals surface area (Å²) < 4.78 is 16.5. The second-order valence-electron chi connectivity index (χ2n) is 10.1. The highest BCUT2D eigenvalue weighted by atomic mass is 16.6. The van der Waals surface area contributed by atoms with Crippen molar-refractivity contribution in [2.45, 2.75) is 53.1 Å². The molecule has 1 aliphatic heterocycles. The molecule has 1 unspecified atom stereocenters. The Morgan fingerprint density at radius 2 is 1.78 bits per heavy atom. The van der Waals surface area contributed by atoms with Crippen molar-refractivity contribution in [3.05, 3.63) is 70.9 Å². The van der Waals surface area contributed by atoms with Crippen LogP contribution in [0.25, 0.3) is 0 Å². The zero-order valence-electron chi connectivity index (χ0n) is 21.3. The van der Waals surface area contributed by atoms with Gasteiger partial charge in [0.15, 0.2) is 17.3 Å². The van der Waals surface area contributed by atoms with Crippen molar-refractivity contribution >= 4 is 23.4 Å². The van der Waals surface area contributed by atoms with E-state index in [1.165, 1.54) is 14.0 Å². The number of carbonyl (C=O) groups is 3. The molecule has 7 nitrogen and oxygen atoms in total. The van der Waals surface area contributed by atoms with Crippen molar-refractivity contribution in [2.75, 3.05) is 7.11 Å². The number of rotatable bonds is 6. The van der Waals surface area contributed by atoms with Crippen LogP contribution in [0.15, 0.2) is 64.8 Å². The van der Waals surface area contributed by atoms with Crippen molar-refractivity contribution in [3.8, 4) is 11.5 Å². The average molecular weight is 490 g/mol. The number of carbonyl (C=O) groups excluding carboxylic acids is 3. The van der Waals surface area contributed by atoms with Crippen molar-refractivity contribution in [3.63, 3.8) is 0 Å². The molecule has 7 heteroatoms. The lowest BCUT2D eigenvalue weighted by molar-refractivity contribution is -0.148. The van der Waals surface area contributed by atoms with Gasteiger partial charge in [0, 0.05) is 36.2 Å². The summed E-state index contributed by atoms with van der Waals surface area (Å²) in [6.07, 6.45) is 1.00. The van der Waals surface area contributed by atoms with Gasteiger partial charge in [-0.05, 0) is 42.0 Å². The summed E-state index contributed by atoms with van der Waals surface area (Å²) in [5.74, 6) is -1.71. The lowest BCUT2D eigenvalue weighted by Gasteiger charge is -2.39. The fourth-order valence-corrected chi connectivity index (χ4v) is 5.05. The second-order valence-corrected chi connectivity index (χ2v) is 10.1. The highest BCUT2D eigenvalue weighted by molar-refractivity contribution is 6.09. The zero-order chi connectivity index (χ0) is 26.0. The number of benzene rings is 2. The molecular weight excluding hydrogens is 458 g/mol. The molecule has 2 atom stereocenters. The SMILES string of the molecule is COc1cc([C@H]2C3=C(CC(C)(C)CC3=O)N=C(C)C2C(=O)OCc2ccccc2)ccc1OC(C)=O. The molecule has 0 saturated carbocycles. The standard InChI is InChI=1S/C29H31NO6/c1-17-25(28(33)35-16-19-9-7-6-8-10-19)26(27-21(30-17)14-29(3,4)15-22(27)32)20-11-12-23(36-18(2)31)24(13-20)34-5/h6-13,25-26H,14-16H2,1-5H3/t25?,26-/m1/s1. The Morgan fingerprint density at radius 1 is 1.06 bits per heavy atom. The predicted molar refractivity (Wildman–Crippen MR) is 135 cm³/mol. The third-order valence-electron chi connectivity index (χ3n) is 6.58. The van der Waals surface area contributed by atoms with E-state index in [9.17, 15) is 14.4 Å². The minimum absolute atomic E-state index is 0.0219. The van der Waals surface area contributed by atoms with Crippen molar-refractivity contribution in [2.24, 2.45) is 16.3 Å². The Balaban J connectivity index is 1.77. The molecule has 36 heavy (non-hydrogen) atoms. The highest BCUT2D eigenvalue weighted by Gasteiger charge is 2.46. The number of aliphatic imine (C=N–C) groups is 1. The summed E-state index contributed by atoms with van der Waals surface area (Å²) in [6, 6.07) is 14.6. The number of nitrogens with zero attached hydrogens (tertiary/aromatic N) is 1. The van der Waals surface area contributed by atoms with Crippen LogP contribution in [0.5, 0.6) is 11.5 Å². The van der Waals surface area contributed by atoms with Crippen LogP contribution in [-0.4, -0.2) is 30.5 Å². The van der Waals surface area contributed by atoms with Crippen molar-refractivity contribution in [1.29, 1.82) is 0 Å². The Labute approximate surface area is 211 Å². The van der Waals surface area contributed by atoms with Crippen LogP contribution in [0.4, 0.5) is 0 Å². The highest BCUT2D eigenvalue weighted by Crippen LogP contribution is 2.49. The molecule has 1 heterocycles. The van der Waals surface area contributed by atoms with Gasteiger partial charge in [-0.1, -0.05) is 50.2 Å². The molecule has 0 saturated heterocycles. The summed E-state index contributed by atoms with van der Waals surface area (Å²) in [4.78, 5) is 43.3. The number of methoxy groups -OCH3 is 1. The Kier molecular flexibility index (Phi) is 7.11. The first-order valence-corrected chi connectivity index (χ1v) is 12.0. The third-order valence-corrected chi connectivity index (χ3v) is 6.58. The van der Waals surface area contributed by atoms with Crippen LogP contribution in [-0.2, 0) is 25.7 Å². The van der Waals surface area contributed by atoms with E-state index in [1.807, 2.05) is 51.1 Å². The number of esters is 2. The molecule has 0 radical (unpaired) electrons. The van der Waals surface area contributed by atoms with Gasteiger partial charge in [-0.25, -0.2) is 0 Å². The van der Waals surface area contributed by atoms with Gasteiger partial charge >= 0.3 is 11.9 Å². The molecular formula is C29H31NO6. The van der Waals surface area contributed by atoms with E-state index < -0.39 is 23.8 Å². The molecule has 0 aromatic heterocycles. The van der Waals surface area contributed by atoms with E-state index >= 15 is 0 Å². The van der Waals surface area contributed by atoms with Crippen LogP contribution >= 0.6 is 0 Å². The summed E-state index contributed by atoms with van der Waals surface area (Å²) in [5, 5.41) is 0. The van der Waals surface area contributed by atoms with Gasteiger partial charge in [0.2, 0.25) is 0 Å². The molecule has 0 bridgehead atoms. The summed E-state index contributed by atoms with van der Waals surface area (Å²) in [5.41, 5.74) is 3.21. The summed E-state index contributed by atoms with van der Waals surface area (Å²) in [6.45, 7) is 7.34. The van der Waals surface area contributed by atoms with Gasteiger partial charge in [0.25, 0.3) is 0 Å². The van der Waals surface area contributed by atoms with Crippen LogP contribution in [0.3, 0.4) is 0 Å².